The zero-order chi connectivity index (χ0) is 15.1. The second-order valence-electron chi connectivity index (χ2n) is 7.60. The molecule has 0 saturated carbocycles. The third-order valence-corrected chi connectivity index (χ3v) is 4.33. The second kappa shape index (κ2) is 14.2. The highest BCUT2D eigenvalue weighted by molar-refractivity contribution is 6.17. The summed E-state index contributed by atoms with van der Waals surface area (Å²) in [6, 6.07) is 0. The van der Waals surface area contributed by atoms with E-state index in [1.807, 2.05) is 0 Å². The van der Waals surface area contributed by atoms with Crippen molar-refractivity contribution >= 4 is 11.6 Å². The van der Waals surface area contributed by atoms with E-state index < -0.39 is 0 Å². The van der Waals surface area contributed by atoms with Gasteiger partial charge in [-0.2, -0.15) is 0 Å². The van der Waals surface area contributed by atoms with Gasteiger partial charge < -0.3 is 0 Å². The second-order valence-corrected chi connectivity index (χ2v) is 7.97. The molecular weight excluding hydrogens is 264 g/mol. The van der Waals surface area contributed by atoms with E-state index in [9.17, 15) is 0 Å². The highest BCUT2D eigenvalue weighted by atomic mass is 35.5. The molecule has 0 rings (SSSR count). The first-order chi connectivity index (χ1) is 9.56. The lowest BCUT2D eigenvalue weighted by atomic mass is 9.89. The summed E-state index contributed by atoms with van der Waals surface area (Å²) in [7, 11) is 0. The minimum atomic E-state index is 0.532. The average molecular weight is 303 g/mol. The van der Waals surface area contributed by atoms with Crippen molar-refractivity contribution in [2.24, 2.45) is 5.41 Å². The van der Waals surface area contributed by atoms with E-state index >= 15 is 0 Å². The first-order valence-electron chi connectivity index (χ1n) is 9.12. The molecule has 0 atom stereocenters. The van der Waals surface area contributed by atoms with Crippen LogP contribution in [-0.2, 0) is 0 Å². The van der Waals surface area contributed by atoms with Gasteiger partial charge >= 0.3 is 0 Å². The third kappa shape index (κ3) is 18.3. The van der Waals surface area contributed by atoms with E-state index in [2.05, 4.69) is 20.8 Å². The Balaban J connectivity index is 2.99. The first-order valence-corrected chi connectivity index (χ1v) is 9.66. The Labute approximate surface area is 134 Å². The van der Waals surface area contributed by atoms with Crippen molar-refractivity contribution in [3.8, 4) is 0 Å². The molecule has 0 fully saturated rings. The number of rotatable bonds is 14. The molecule has 0 heterocycles. The van der Waals surface area contributed by atoms with Crippen LogP contribution in [0.2, 0.25) is 0 Å². The predicted octanol–water partition coefficient (Wildman–Crippen LogP) is 7.73. The van der Waals surface area contributed by atoms with Gasteiger partial charge in [-0.3, -0.25) is 0 Å². The quantitative estimate of drug-likeness (QED) is 0.227. The number of hydrogen-bond donors (Lipinski definition) is 0. The fraction of sp³-hybridized carbons (Fsp3) is 1.00. The molecule has 0 aromatic rings. The molecule has 0 amide bonds. The summed E-state index contributed by atoms with van der Waals surface area (Å²) in [4.78, 5) is 0. The molecule has 0 aliphatic carbocycles. The predicted molar refractivity (Wildman–Crippen MR) is 94.8 cm³/mol. The maximum Gasteiger partial charge on any atom is 0.0223 e. The summed E-state index contributed by atoms with van der Waals surface area (Å²) in [6.07, 6.45) is 19.8. The normalized spacial score (nSPS) is 12.0. The topological polar surface area (TPSA) is 0 Å². The van der Waals surface area contributed by atoms with Crippen LogP contribution in [-0.4, -0.2) is 5.88 Å². The fourth-order valence-electron chi connectivity index (χ4n) is 2.69. The number of hydrogen-bond acceptors (Lipinski definition) is 0. The van der Waals surface area contributed by atoms with Gasteiger partial charge in [0.25, 0.3) is 0 Å². The highest BCUT2D eigenvalue weighted by Crippen LogP contribution is 2.22. The van der Waals surface area contributed by atoms with Gasteiger partial charge in [-0.05, 0) is 18.3 Å². The number of halogens is 1. The summed E-state index contributed by atoms with van der Waals surface area (Å²) in [5.74, 6) is 0.843. The van der Waals surface area contributed by atoms with Gasteiger partial charge in [0, 0.05) is 5.88 Å². The molecule has 0 spiro atoms. The van der Waals surface area contributed by atoms with Crippen molar-refractivity contribution < 1.29 is 0 Å². The zero-order valence-corrected chi connectivity index (χ0v) is 15.2. The van der Waals surface area contributed by atoms with Crippen LogP contribution in [0.25, 0.3) is 0 Å². The molecule has 0 aliphatic rings. The SMILES string of the molecule is CC(C)(C)CCCCCCCCCCCCCCCCl. The van der Waals surface area contributed by atoms with Crippen molar-refractivity contribution in [1.82, 2.24) is 0 Å². The van der Waals surface area contributed by atoms with E-state index in [1.54, 1.807) is 0 Å². The molecule has 0 aromatic carbocycles. The Morgan fingerprint density at radius 2 is 0.800 bits per heavy atom. The minimum absolute atomic E-state index is 0.532. The third-order valence-electron chi connectivity index (χ3n) is 4.06. The van der Waals surface area contributed by atoms with Crippen molar-refractivity contribution in [2.75, 3.05) is 5.88 Å². The van der Waals surface area contributed by atoms with Crippen LogP contribution < -0.4 is 0 Å². The molecule has 20 heavy (non-hydrogen) atoms. The summed E-state index contributed by atoms with van der Waals surface area (Å²) < 4.78 is 0. The molecule has 0 aliphatic heterocycles. The number of unbranched alkanes of at least 4 members (excludes halogenated alkanes) is 12. The molecule has 0 N–H and O–H groups in total. The van der Waals surface area contributed by atoms with E-state index in [0.717, 1.165) is 5.88 Å². The lowest BCUT2D eigenvalue weighted by Crippen LogP contribution is -2.03. The van der Waals surface area contributed by atoms with Gasteiger partial charge in [0.05, 0.1) is 0 Å². The lowest BCUT2D eigenvalue weighted by Gasteiger charge is -2.17. The average Bonchev–Trinajstić information content (AvgIpc) is 2.38. The van der Waals surface area contributed by atoms with Crippen molar-refractivity contribution in [1.29, 1.82) is 0 Å². The van der Waals surface area contributed by atoms with E-state index in [-0.39, 0.29) is 0 Å². The van der Waals surface area contributed by atoms with E-state index in [4.69, 9.17) is 11.6 Å². The molecular formula is C19H39Cl. The van der Waals surface area contributed by atoms with Gasteiger partial charge in [-0.15, -0.1) is 11.6 Å². The molecule has 0 aromatic heterocycles. The van der Waals surface area contributed by atoms with Crippen LogP contribution in [0.1, 0.15) is 111 Å². The number of alkyl halides is 1. The van der Waals surface area contributed by atoms with Crippen LogP contribution in [0.15, 0.2) is 0 Å². The van der Waals surface area contributed by atoms with Gasteiger partial charge in [-0.25, -0.2) is 0 Å². The van der Waals surface area contributed by atoms with E-state index in [0.29, 0.717) is 5.41 Å². The summed E-state index contributed by atoms with van der Waals surface area (Å²) in [6.45, 7) is 7.05. The Hall–Kier alpha value is 0.290. The molecule has 1 heteroatoms. The van der Waals surface area contributed by atoms with Crippen molar-refractivity contribution in [3.05, 3.63) is 0 Å². The summed E-state index contributed by atoms with van der Waals surface area (Å²) >= 11 is 5.67. The highest BCUT2D eigenvalue weighted by Gasteiger charge is 2.08. The largest absolute Gasteiger partial charge is 0.127 e. The van der Waals surface area contributed by atoms with Crippen LogP contribution in [0.5, 0.6) is 0 Å². The lowest BCUT2D eigenvalue weighted by molar-refractivity contribution is 0.356. The standard InChI is InChI=1S/C19H39Cl/c1-19(2,3)17-15-13-11-9-7-5-4-6-8-10-12-14-16-18-20/h4-18H2,1-3H3. The molecule has 0 saturated heterocycles. The van der Waals surface area contributed by atoms with Gasteiger partial charge in [0.1, 0.15) is 0 Å². The maximum absolute atomic E-state index is 5.67. The molecule has 0 unspecified atom stereocenters. The van der Waals surface area contributed by atoms with Crippen molar-refractivity contribution in [2.45, 2.75) is 111 Å². The first kappa shape index (κ1) is 20.3. The Kier molecular flexibility index (Phi) is 14.4. The smallest absolute Gasteiger partial charge is 0.0223 e. The van der Waals surface area contributed by atoms with Crippen LogP contribution in [0.3, 0.4) is 0 Å². The Morgan fingerprint density at radius 1 is 0.500 bits per heavy atom. The summed E-state index contributed by atoms with van der Waals surface area (Å²) in [5, 5.41) is 0. The van der Waals surface area contributed by atoms with Crippen molar-refractivity contribution in [3.63, 3.8) is 0 Å². The molecule has 0 radical (unpaired) electrons. The molecule has 122 valence electrons. The van der Waals surface area contributed by atoms with Crippen LogP contribution in [0.4, 0.5) is 0 Å². The minimum Gasteiger partial charge on any atom is -0.127 e. The summed E-state index contributed by atoms with van der Waals surface area (Å²) in [5.41, 5.74) is 0.532. The fourth-order valence-corrected chi connectivity index (χ4v) is 2.88. The Morgan fingerprint density at radius 3 is 1.10 bits per heavy atom. The maximum atomic E-state index is 5.67. The van der Waals surface area contributed by atoms with Gasteiger partial charge in [-0.1, -0.05) is 97.8 Å². The zero-order valence-electron chi connectivity index (χ0n) is 14.5. The van der Waals surface area contributed by atoms with E-state index in [1.165, 1.54) is 89.9 Å². The van der Waals surface area contributed by atoms with Crippen LogP contribution >= 0.6 is 11.6 Å². The van der Waals surface area contributed by atoms with Crippen LogP contribution in [0, 0.1) is 5.41 Å². The van der Waals surface area contributed by atoms with Gasteiger partial charge in [0.2, 0.25) is 0 Å². The van der Waals surface area contributed by atoms with Gasteiger partial charge in [0.15, 0.2) is 0 Å². The Bertz CT molecular complexity index is 181. The molecule has 0 bridgehead atoms. The molecule has 0 nitrogen and oxygen atoms in total. The monoisotopic (exact) mass is 302 g/mol.